The molecule has 42 nitrogen and oxygen atoms in total. The number of phosphoric ester groups is 4. The molecule has 13 rings (SSSR count). The minimum Gasteiger partial charge on any atom is -0.405 e. The van der Waals surface area contributed by atoms with Gasteiger partial charge in [0, 0.05) is 182 Å². The standard InChI is InChI=1S/4C13H13O4P.C12H10ClO3P.2C4H8O2.C3H5ClO.18CH4O.2CH4/c4*1-15-18(14,16-12-8-4-2-5-9-12)17-13-10-6-3-7-11-13;13-17(14,15-11-7-3-1-4-8-11)16-12-9-5-2-6-10-12;2*1-5-2-4-3-6-4;4-1-3-2-5-3;18*1-2;;/h4*2-11H,1H3;1-10H;2*4H,2-3H2,1H3;3H,1-2H2;18*2H,1H3;2*1H4. The van der Waals surface area contributed by atoms with E-state index in [0.717, 1.165) is 161 Å². The zero-order valence-corrected chi connectivity index (χ0v) is 90.7. The molecule has 3 aliphatic rings. The van der Waals surface area contributed by atoms with E-state index in [2.05, 4.69) is 0 Å². The SMILES string of the molecule is C.C.CO.CO.CO.CO.CO.CO.CO.CO.CO.CO.CO.CO.CO.CO.CO.CO.CO.CO.COCC1CO1.COCC1CO1.COP(=O)(Oc1ccccc1)Oc1ccccc1.COP(=O)(Oc1ccccc1)Oc1ccccc1.COP(=O)(Oc1ccccc1)Oc1ccccc1.COP(=O)(Oc1ccccc1)Oc1ccccc1.ClCC1CO1.O=P(Cl)(Oc1ccccc1)Oc1ccccc1. The van der Waals surface area contributed by atoms with E-state index in [1.54, 1.807) is 257 Å². The summed E-state index contributed by atoms with van der Waals surface area (Å²) in [7, 11) is 11.9. The van der Waals surface area contributed by atoms with Crippen molar-refractivity contribution in [3.05, 3.63) is 303 Å². The number of para-hydroxylation sites is 10. The molecule has 834 valence electrons. The fourth-order valence-corrected chi connectivity index (χ4v) is 12.6. The summed E-state index contributed by atoms with van der Waals surface area (Å²) in [6, 6.07) is 87.3. The van der Waals surface area contributed by atoms with E-state index in [9.17, 15) is 22.8 Å². The van der Waals surface area contributed by atoms with Crippen molar-refractivity contribution < 1.29 is 202 Å². The fourth-order valence-electron chi connectivity index (χ4n) is 7.35. The Morgan fingerprint density at radius 1 is 0.215 bits per heavy atom. The number of hydrogen-bond acceptors (Lipinski definition) is 42. The van der Waals surface area contributed by atoms with Gasteiger partial charge >= 0.3 is 38.2 Å². The molecule has 3 atom stereocenters. The smallest absolute Gasteiger partial charge is 0.405 e. The lowest BCUT2D eigenvalue weighted by atomic mass is 10.3. The van der Waals surface area contributed by atoms with Crippen LogP contribution in [-0.4, -0.2) is 320 Å². The Morgan fingerprint density at radius 2 is 0.319 bits per heavy atom. The molecule has 0 spiro atoms. The van der Waals surface area contributed by atoms with Crippen LogP contribution in [0.1, 0.15) is 14.9 Å². The van der Waals surface area contributed by atoms with Crippen LogP contribution in [0.25, 0.3) is 0 Å². The number of aliphatic hydroxyl groups is 18. The van der Waals surface area contributed by atoms with Crippen LogP contribution in [-0.2, 0) is 64.6 Å². The van der Waals surface area contributed by atoms with Gasteiger partial charge in [0.2, 0.25) is 0 Å². The molecule has 3 fully saturated rings. The molecule has 3 aliphatic heterocycles. The van der Waals surface area contributed by atoms with E-state index in [1.807, 2.05) is 60.7 Å². The van der Waals surface area contributed by atoms with Crippen LogP contribution in [0.4, 0.5) is 0 Å². The number of aliphatic hydroxyl groups excluding tert-OH is 18. The molecule has 49 heteroatoms. The summed E-state index contributed by atoms with van der Waals surface area (Å²) in [5.74, 6) is 4.91. The van der Waals surface area contributed by atoms with Crippen molar-refractivity contribution in [2.45, 2.75) is 33.2 Å². The van der Waals surface area contributed by atoms with Crippen molar-refractivity contribution in [1.82, 2.24) is 0 Å². The van der Waals surface area contributed by atoms with E-state index in [-0.39, 0.29) is 14.9 Å². The Bertz CT molecular complexity index is 3580. The molecule has 144 heavy (non-hydrogen) atoms. The Labute approximate surface area is 861 Å². The monoisotopic (exact) mass is 2200 g/mol. The summed E-state index contributed by atoms with van der Waals surface area (Å²) >= 11 is 11.0. The maximum absolute atomic E-state index is 12.3. The Morgan fingerprint density at radius 3 is 0.389 bits per heavy atom. The first-order valence-electron chi connectivity index (χ1n) is 40.2. The van der Waals surface area contributed by atoms with Crippen molar-refractivity contribution in [3.63, 3.8) is 0 Å². The van der Waals surface area contributed by atoms with E-state index < -0.39 is 38.2 Å². The molecule has 10 aromatic carbocycles. The number of ether oxygens (including phenoxy) is 5. The first kappa shape index (κ1) is 168. The van der Waals surface area contributed by atoms with Crippen LogP contribution in [0.5, 0.6) is 57.5 Å². The first-order chi connectivity index (χ1) is 69.3. The zero-order chi connectivity index (χ0) is 112. The predicted molar refractivity (Wildman–Crippen MR) is 566 cm³/mol. The molecular weight excluding hydrogens is 2040 g/mol. The summed E-state index contributed by atoms with van der Waals surface area (Å²) in [5.41, 5.74) is 0. The van der Waals surface area contributed by atoms with Gasteiger partial charge in [0.05, 0.1) is 45.0 Å². The van der Waals surface area contributed by atoms with Gasteiger partial charge in [0.15, 0.2) is 0 Å². The molecule has 0 saturated carbocycles. The lowest BCUT2D eigenvalue weighted by molar-refractivity contribution is 0.171. The number of rotatable bonds is 29. The molecule has 0 aliphatic carbocycles. The summed E-state index contributed by atoms with van der Waals surface area (Å²) in [6.45, 7) is 0.535. The van der Waals surface area contributed by atoms with Crippen molar-refractivity contribution in [2.75, 3.05) is 210 Å². The highest BCUT2D eigenvalue weighted by molar-refractivity contribution is 7.82. The maximum Gasteiger partial charge on any atom is 0.587 e. The van der Waals surface area contributed by atoms with Gasteiger partial charge in [-0.25, -0.2) is 22.8 Å². The second-order valence-corrected chi connectivity index (χ2v) is 30.2. The van der Waals surface area contributed by atoms with Crippen molar-refractivity contribution in [2.24, 2.45) is 0 Å². The van der Waals surface area contributed by atoms with Crippen LogP contribution in [0.3, 0.4) is 0 Å². The molecule has 0 aromatic heterocycles. The number of hydrogen-bond donors (Lipinski definition) is 18. The number of phosphoric acid groups is 4. The van der Waals surface area contributed by atoms with Crippen LogP contribution in [0, 0.1) is 0 Å². The van der Waals surface area contributed by atoms with Crippen molar-refractivity contribution in [1.29, 1.82) is 0 Å². The minimum atomic E-state index is -3.66. The summed E-state index contributed by atoms with van der Waals surface area (Å²) in [4.78, 5) is 0. The Hall–Kier alpha value is -9.15. The van der Waals surface area contributed by atoms with Gasteiger partial charge in [0.25, 0.3) is 0 Å². The third-order valence-corrected chi connectivity index (χ3v) is 19.5. The van der Waals surface area contributed by atoms with Crippen LogP contribution >= 0.6 is 61.1 Å². The highest BCUT2D eigenvalue weighted by atomic mass is 35.7. The first-order valence-corrected chi connectivity index (χ1v) is 49.0. The second kappa shape index (κ2) is 130. The maximum atomic E-state index is 12.3. The topological polar surface area (TPSA) is 635 Å². The third-order valence-electron chi connectivity index (χ3n) is 12.6. The molecule has 0 radical (unpaired) electrons. The number of alkyl halides is 1. The third kappa shape index (κ3) is 103. The molecule has 18 N–H and O–H groups in total. The lowest BCUT2D eigenvalue weighted by Gasteiger charge is -2.16. The summed E-state index contributed by atoms with van der Waals surface area (Å²) < 4.78 is 157. The van der Waals surface area contributed by atoms with Crippen LogP contribution in [0.15, 0.2) is 303 Å². The zero-order valence-electron chi connectivity index (χ0n) is 84.7. The molecule has 3 heterocycles. The molecule has 0 amide bonds. The van der Waals surface area contributed by atoms with Gasteiger partial charge in [-0.2, -0.15) is 0 Å². The van der Waals surface area contributed by atoms with Crippen LogP contribution in [0.2, 0.25) is 0 Å². The fraction of sp³-hybridized carbons (Fsp3) is 0.368. The summed E-state index contributed by atoms with van der Waals surface area (Å²) in [6.07, 6.45) is 1.25. The predicted octanol–water partition coefficient (Wildman–Crippen LogP) is 15.0. The van der Waals surface area contributed by atoms with Gasteiger partial charge in [-0.05, 0) is 121 Å². The van der Waals surface area contributed by atoms with E-state index in [1.165, 1.54) is 28.4 Å². The lowest BCUT2D eigenvalue weighted by Crippen LogP contribution is -2.02. The quantitative estimate of drug-likeness (QED) is 0.0118. The Balaban J connectivity index is -0.0000000987. The molecule has 10 aromatic rings. The average Bonchev–Trinajstić information content (AvgIpc) is 1.17. The number of epoxide rings is 3. The largest absolute Gasteiger partial charge is 0.587 e. The van der Waals surface area contributed by atoms with E-state index >= 15 is 0 Å². The normalized spacial score (nSPS) is 11.2. The minimum absolute atomic E-state index is 0. The highest BCUT2D eigenvalue weighted by Crippen LogP contribution is 2.54. The van der Waals surface area contributed by atoms with E-state index in [4.69, 9.17) is 202 Å². The van der Waals surface area contributed by atoms with Gasteiger partial charge in [-0.15, -0.1) is 11.6 Å². The van der Waals surface area contributed by atoms with Crippen molar-refractivity contribution in [3.8, 4) is 57.5 Å². The second-order valence-electron chi connectivity index (χ2n) is 20.9. The van der Waals surface area contributed by atoms with Crippen molar-refractivity contribution >= 4 is 61.1 Å². The molecule has 0 bridgehead atoms. The van der Waals surface area contributed by atoms with Gasteiger partial charge in [0.1, 0.15) is 69.7 Å². The van der Waals surface area contributed by atoms with Gasteiger partial charge in [-0.1, -0.05) is 197 Å². The number of benzene rings is 10. The molecule has 3 unspecified atom stereocenters. The van der Waals surface area contributed by atoms with Gasteiger partial charge < -0.3 is 161 Å². The van der Waals surface area contributed by atoms with Crippen LogP contribution < -0.4 is 45.2 Å². The summed E-state index contributed by atoms with van der Waals surface area (Å²) in [5, 5.41) is 126. The highest BCUT2D eigenvalue weighted by Gasteiger charge is 2.33. The number of halogens is 2. The van der Waals surface area contributed by atoms with E-state index in [0.29, 0.717) is 81.7 Å². The molecular formula is C95H163Cl2O42P5. The molecule has 3 saturated heterocycles. The number of methoxy groups -OCH3 is 2. The average molecular weight is 2200 g/mol. The Kier molecular flexibility index (Phi) is 152. The van der Waals surface area contributed by atoms with Gasteiger partial charge in [-0.3, -0.25) is 18.1 Å².